The Morgan fingerprint density at radius 3 is 1.59 bits per heavy atom. The van der Waals surface area contributed by atoms with Crippen LogP contribution in [0.25, 0.3) is 0 Å². The topological polar surface area (TPSA) is 17.1 Å². The zero-order chi connectivity index (χ0) is 13.2. The summed E-state index contributed by atoms with van der Waals surface area (Å²) in [7, 11) is 0. The number of ketones is 1. The van der Waals surface area contributed by atoms with Crippen LogP contribution in [0, 0.1) is 0 Å². The lowest BCUT2D eigenvalue weighted by Crippen LogP contribution is -2.22. The summed E-state index contributed by atoms with van der Waals surface area (Å²) in [5.74, 6) is -1.80. The summed E-state index contributed by atoms with van der Waals surface area (Å²) in [4.78, 5) is 10.5. The zero-order valence-corrected chi connectivity index (χ0v) is 9.93. The highest BCUT2D eigenvalue weighted by Crippen LogP contribution is 2.20. The van der Waals surface area contributed by atoms with Gasteiger partial charge in [0, 0.05) is 5.56 Å². The Hall–Kier alpha value is -1.32. The summed E-state index contributed by atoms with van der Waals surface area (Å²) in [6.45, 7) is 8.00. The quantitative estimate of drug-likeness (QED) is 0.632. The summed E-state index contributed by atoms with van der Waals surface area (Å²) >= 11 is 0. The smallest absolute Gasteiger partial charge is 0.284 e. The van der Waals surface area contributed by atoms with Gasteiger partial charge in [0.2, 0.25) is 0 Å². The van der Waals surface area contributed by atoms with Crippen molar-refractivity contribution in [1.82, 2.24) is 0 Å². The Morgan fingerprint density at radius 2 is 1.29 bits per heavy atom. The number of carbonyl (C=O) groups is 1. The molecule has 1 rings (SSSR count). The van der Waals surface area contributed by atoms with E-state index in [0.29, 0.717) is 0 Å². The number of carbonyl (C=O) groups excluding carboxylic acids is 1. The second-order valence-corrected chi connectivity index (χ2v) is 2.19. The van der Waals surface area contributed by atoms with Crippen LogP contribution in [-0.4, -0.2) is 12.0 Å². The maximum Gasteiger partial charge on any atom is 0.454 e. The van der Waals surface area contributed by atoms with Gasteiger partial charge in [0.05, 0.1) is 0 Å². The third kappa shape index (κ3) is 8.48. The van der Waals surface area contributed by atoms with E-state index in [1.54, 1.807) is 6.07 Å². The van der Waals surface area contributed by atoms with Gasteiger partial charge in [-0.2, -0.15) is 13.2 Å². The van der Waals surface area contributed by atoms with Crippen molar-refractivity contribution >= 4 is 5.78 Å². The van der Waals surface area contributed by atoms with E-state index in [2.05, 4.69) is 0 Å². The second kappa shape index (κ2) is 11.2. The number of halogens is 3. The first-order valence-corrected chi connectivity index (χ1v) is 5.18. The van der Waals surface area contributed by atoms with Crippen LogP contribution in [0.4, 0.5) is 13.2 Å². The highest BCUT2D eigenvalue weighted by Gasteiger charge is 2.38. The summed E-state index contributed by atoms with van der Waals surface area (Å²) in [5.41, 5.74) is -0.329. The fraction of sp³-hybridized carbons (Fsp3) is 0.462. The molecule has 0 atom stereocenters. The summed E-state index contributed by atoms with van der Waals surface area (Å²) in [5, 5.41) is 0. The predicted molar refractivity (Wildman–Crippen MR) is 66.3 cm³/mol. The van der Waals surface area contributed by atoms with E-state index in [1.807, 2.05) is 27.7 Å². The van der Waals surface area contributed by atoms with E-state index in [0.717, 1.165) is 12.1 Å². The molecule has 17 heavy (non-hydrogen) atoms. The molecule has 1 aromatic carbocycles. The number of alkyl halides is 3. The molecule has 0 amide bonds. The molecular weight excluding hydrogens is 229 g/mol. The van der Waals surface area contributed by atoms with Crippen molar-refractivity contribution < 1.29 is 18.0 Å². The lowest BCUT2D eigenvalue weighted by molar-refractivity contribution is -0.0885. The lowest BCUT2D eigenvalue weighted by Gasteiger charge is -2.03. The first kappa shape index (κ1) is 21.0. The normalized spacial score (nSPS) is 8.65. The summed E-state index contributed by atoms with van der Waals surface area (Å²) in [6.07, 6.45) is -4.78. The number of Topliss-reactive ketones (excluding diaryl/α,β-unsaturated/α-hetero) is 1. The average molecular weight is 250 g/mol. The zero-order valence-electron chi connectivity index (χ0n) is 9.93. The second-order valence-electron chi connectivity index (χ2n) is 2.19. The van der Waals surface area contributed by atoms with Crippen LogP contribution in [0.3, 0.4) is 0 Å². The maximum atomic E-state index is 11.8. The van der Waals surface area contributed by atoms with Crippen molar-refractivity contribution in [2.45, 2.75) is 41.3 Å². The molecule has 0 fully saturated rings. The van der Waals surface area contributed by atoms with E-state index in [4.69, 9.17) is 0 Å². The molecule has 0 N–H and O–H groups in total. The number of rotatable bonds is 1. The van der Waals surface area contributed by atoms with E-state index in [9.17, 15) is 18.0 Å². The van der Waals surface area contributed by atoms with Crippen LogP contribution in [-0.2, 0) is 0 Å². The van der Waals surface area contributed by atoms with Gasteiger partial charge in [0.25, 0.3) is 5.78 Å². The third-order valence-electron chi connectivity index (χ3n) is 1.29. The molecule has 0 aliphatic carbocycles. The van der Waals surface area contributed by atoms with Crippen LogP contribution >= 0.6 is 0 Å². The Kier molecular flexibility index (Phi) is 13.8. The molecule has 0 spiro atoms. The molecule has 0 aliphatic heterocycles. The van der Waals surface area contributed by atoms with Gasteiger partial charge in [-0.15, -0.1) is 0 Å². The van der Waals surface area contributed by atoms with Crippen molar-refractivity contribution in [3.63, 3.8) is 0 Å². The van der Waals surface area contributed by atoms with E-state index >= 15 is 0 Å². The number of hydrogen-bond acceptors (Lipinski definition) is 1. The van der Waals surface area contributed by atoms with Crippen molar-refractivity contribution in [1.29, 1.82) is 0 Å². The lowest BCUT2D eigenvalue weighted by atomic mass is 10.1. The highest BCUT2D eigenvalue weighted by molar-refractivity contribution is 6.00. The first-order valence-electron chi connectivity index (χ1n) is 5.18. The fourth-order valence-corrected chi connectivity index (χ4v) is 0.753. The van der Waals surface area contributed by atoms with Gasteiger partial charge in [0.1, 0.15) is 0 Å². The minimum absolute atomic E-state index is 0. The number of benzene rings is 1. The first-order chi connectivity index (χ1) is 7.52. The minimum atomic E-state index is -4.78. The Labute approximate surface area is 102 Å². The average Bonchev–Trinajstić information content (AvgIpc) is 2.33. The maximum absolute atomic E-state index is 11.8. The van der Waals surface area contributed by atoms with Crippen molar-refractivity contribution in [2.75, 3.05) is 0 Å². The number of hydrogen-bond donors (Lipinski definition) is 0. The molecule has 0 heterocycles. The van der Waals surface area contributed by atoms with Gasteiger partial charge in [-0.05, 0) is 0 Å². The molecule has 4 heteroatoms. The van der Waals surface area contributed by atoms with Gasteiger partial charge < -0.3 is 0 Å². The van der Waals surface area contributed by atoms with Gasteiger partial charge in [-0.3, -0.25) is 4.79 Å². The highest BCUT2D eigenvalue weighted by atomic mass is 19.4. The standard InChI is InChI=1S/C8H5F3O.2C2H6.CH4/c9-8(10,11)7(12)6-4-2-1-3-5-6;2*1-2;/h1-5H;2*1-2H3;1H4. The van der Waals surface area contributed by atoms with Crippen LogP contribution in [0.15, 0.2) is 30.3 Å². The molecule has 0 saturated heterocycles. The largest absolute Gasteiger partial charge is 0.454 e. The van der Waals surface area contributed by atoms with Gasteiger partial charge in [-0.25, -0.2) is 0 Å². The molecule has 1 aromatic rings. The van der Waals surface area contributed by atoms with Gasteiger partial charge in [-0.1, -0.05) is 65.5 Å². The Morgan fingerprint density at radius 1 is 0.941 bits per heavy atom. The Balaban J connectivity index is -0.000000355. The van der Waals surface area contributed by atoms with Crippen molar-refractivity contribution in [2.24, 2.45) is 0 Å². The van der Waals surface area contributed by atoms with E-state index in [1.165, 1.54) is 12.1 Å². The SMILES string of the molecule is C.CC.CC.O=C(c1ccccc1)C(F)(F)F. The monoisotopic (exact) mass is 250 g/mol. The Bertz CT molecular complexity index is 278. The fourth-order valence-electron chi connectivity index (χ4n) is 0.753. The minimum Gasteiger partial charge on any atom is -0.284 e. The van der Waals surface area contributed by atoms with Gasteiger partial charge in [0.15, 0.2) is 0 Å². The summed E-state index contributed by atoms with van der Waals surface area (Å²) in [6, 6.07) is 6.59. The molecule has 100 valence electrons. The predicted octanol–water partition coefficient (Wildman–Crippen LogP) is 5.12. The molecule has 0 unspecified atom stereocenters. The molecule has 0 aliphatic rings. The van der Waals surface area contributed by atoms with Crippen LogP contribution in [0.2, 0.25) is 0 Å². The van der Waals surface area contributed by atoms with Gasteiger partial charge >= 0.3 is 6.18 Å². The van der Waals surface area contributed by atoms with Crippen LogP contribution in [0.1, 0.15) is 45.5 Å². The van der Waals surface area contributed by atoms with Crippen LogP contribution < -0.4 is 0 Å². The van der Waals surface area contributed by atoms with E-state index in [-0.39, 0.29) is 13.0 Å². The molecule has 0 aromatic heterocycles. The molecule has 0 saturated carbocycles. The molecular formula is C13H21F3O. The summed E-state index contributed by atoms with van der Waals surface area (Å²) < 4.78 is 35.4. The molecule has 0 bridgehead atoms. The van der Waals surface area contributed by atoms with Crippen molar-refractivity contribution in [3.8, 4) is 0 Å². The van der Waals surface area contributed by atoms with Crippen LogP contribution in [0.5, 0.6) is 0 Å². The third-order valence-corrected chi connectivity index (χ3v) is 1.29. The van der Waals surface area contributed by atoms with E-state index < -0.39 is 12.0 Å². The molecule has 0 radical (unpaired) electrons. The van der Waals surface area contributed by atoms with Crippen molar-refractivity contribution in [3.05, 3.63) is 35.9 Å². The molecule has 1 nitrogen and oxygen atoms in total.